The number of piperidine rings is 1. The third-order valence-corrected chi connectivity index (χ3v) is 7.60. The Bertz CT molecular complexity index is 936. The summed E-state index contributed by atoms with van der Waals surface area (Å²) >= 11 is 1.51. The lowest BCUT2D eigenvalue weighted by molar-refractivity contribution is -0.132. The molecule has 0 spiro atoms. The van der Waals surface area contributed by atoms with Crippen LogP contribution < -0.4 is 4.90 Å². The first-order valence-electron chi connectivity index (χ1n) is 11.9. The number of rotatable bonds is 4. The van der Waals surface area contributed by atoms with Crippen LogP contribution in [-0.2, 0) is 9.53 Å². The van der Waals surface area contributed by atoms with Crippen molar-refractivity contribution in [3.05, 3.63) is 30.3 Å². The van der Waals surface area contributed by atoms with Crippen LogP contribution in [0.1, 0.15) is 33.6 Å². The number of benzene rings is 1. The van der Waals surface area contributed by atoms with E-state index in [0.717, 1.165) is 41.3 Å². The summed E-state index contributed by atoms with van der Waals surface area (Å²) in [7, 11) is 2.18. The fraction of sp³-hybridized carbons (Fsp3) is 0.600. The highest BCUT2D eigenvalue weighted by Gasteiger charge is 2.31. The predicted octanol–water partition coefficient (Wildman–Crippen LogP) is 3.88. The highest BCUT2D eigenvalue weighted by atomic mass is 32.1. The maximum atomic E-state index is 13.2. The quantitative estimate of drug-likeness (QED) is 0.676. The summed E-state index contributed by atoms with van der Waals surface area (Å²) in [6.07, 6.45) is 1.92. The first-order valence-corrected chi connectivity index (χ1v) is 12.7. The van der Waals surface area contributed by atoms with Crippen LogP contribution in [-0.4, -0.2) is 91.2 Å². The molecular formula is C25H36N4O3S. The monoisotopic (exact) mass is 472 g/mol. The van der Waals surface area contributed by atoms with E-state index < -0.39 is 11.7 Å². The Morgan fingerprint density at radius 2 is 1.73 bits per heavy atom. The van der Waals surface area contributed by atoms with E-state index in [9.17, 15) is 9.59 Å². The Kier molecular flexibility index (Phi) is 7.26. The first kappa shape index (κ1) is 24.0. The van der Waals surface area contributed by atoms with E-state index >= 15 is 0 Å². The summed E-state index contributed by atoms with van der Waals surface area (Å²) in [4.78, 5) is 34.6. The topological polar surface area (TPSA) is 56.3 Å². The minimum atomic E-state index is -0.630. The average molecular weight is 473 g/mol. The second-order valence-electron chi connectivity index (χ2n) is 10.1. The molecule has 0 saturated carbocycles. The van der Waals surface area contributed by atoms with Gasteiger partial charge in [0.05, 0.1) is 0 Å². The van der Waals surface area contributed by atoms with Gasteiger partial charge in [0.25, 0.3) is 0 Å². The summed E-state index contributed by atoms with van der Waals surface area (Å²) in [5, 5.41) is 1.80. The zero-order chi connectivity index (χ0) is 23.6. The van der Waals surface area contributed by atoms with Crippen LogP contribution in [0.25, 0.3) is 10.1 Å². The molecule has 2 fully saturated rings. The highest BCUT2D eigenvalue weighted by molar-refractivity contribution is 7.23. The van der Waals surface area contributed by atoms with Gasteiger partial charge in [-0.15, -0.1) is 11.3 Å². The van der Waals surface area contributed by atoms with E-state index in [1.807, 2.05) is 56.0 Å². The second-order valence-corrected chi connectivity index (χ2v) is 11.2. The maximum absolute atomic E-state index is 13.2. The molecule has 180 valence electrons. The highest BCUT2D eigenvalue weighted by Crippen LogP contribution is 2.33. The summed E-state index contributed by atoms with van der Waals surface area (Å²) in [6.45, 7) is 11.0. The number of carbonyl (C=O) groups is 2. The Morgan fingerprint density at radius 1 is 1.06 bits per heavy atom. The first-order chi connectivity index (χ1) is 15.7. The second kappa shape index (κ2) is 9.99. The summed E-state index contributed by atoms with van der Waals surface area (Å²) in [5.74, 6) is -0.0265. The molecule has 2 aliphatic rings. The van der Waals surface area contributed by atoms with Gasteiger partial charge in [-0.25, -0.2) is 4.79 Å². The van der Waals surface area contributed by atoms with E-state index in [-0.39, 0.29) is 12.5 Å². The standard InChI is InChI=1S/C25H36N4O3S/c1-25(2,3)32-24(31)29(23-17-19-7-5-6-8-21(19)33-23)18-22(30)28-15-13-27(14-16-28)20-9-11-26(4)12-10-20/h5-8,17,20H,9-16,18H2,1-4H3. The molecule has 0 N–H and O–H groups in total. The van der Waals surface area contributed by atoms with Gasteiger partial charge < -0.3 is 14.5 Å². The smallest absolute Gasteiger partial charge is 0.415 e. The number of anilines is 1. The Labute approximate surface area is 200 Å². The lowest BCUT2D eigenvalue weighted by Crippen LogP contribution is -2.55. The lowest BCUT2D eigenvalue weighted by Gasteiger charge is -2.42. The number of piperazine rings is 1. The molecule has 2 saturated heterocycles. The maximum Gasteiger partial charge on any atom is 0.415 e. The van der Waals surface area contributed by atoms with Crippen molar-refractivity contribution in [3.8, 4) is 0 Å². The predicted molar refractivity (Wildman–Crippen MR) is 134 cm³/mol. The summed E-state index contributed by atoms with van der Waals surface area (Å²) in [6, 6.07) is 10.6. The van der Waals surface area contributed by atoms with E-state index in [1.165, 1.54) is 29.1 Å². The average Bonchev–Trinajstić information content (AvgIpc) is 3.20. The zero-order valence-electron chi connectivity index (χ0n) is 20.2. The fourth-order valence-electron chi connectivity index (χ4n) is 4.58. The van der Waals surface area contributed by atoms with Gasteiger partial charge in [-0.2, -0.15) is 0 Å². The fourth-order valence-corrected chi connectivity index (χ4v) is 5.63. The van der Waals surface area contributed by atoms with Crippen LogP contribution in [0.15, 0.2) is 30.3 Å². The molecular weight excluding hydrogens is 436 g/mol. The molecule has 4 rings (SSSR count). The number of amides is 2. The molecule has 0 bridgehead atoms. The molecule has 7 nitrogen and oxygen atoms in total. The molecule has 1 aromatic heterocycles. The minimum absolute atomic E-state index is 0.00401. The van der Waals surface area contributed by atoms with Crippen LogP contribution in [0.2, 0.25) is 0 Å². The number of ether oxygens (including phenoxy) is 1. The van der Waals surface area contributed by atoms with Crippen LogP contribution >= 0.6 is 11.3 Å². The van der Waals surface area contributed by atoms with Crippen LogP contribution in [0, 0.1) is 0 Å². The van der Waals surface area contributed by atoms with Gasteiger partial charge in [-0.3, -0.25) is 14.6 Å². The van der Waals surface area contributed by atoms with Crippen molar-refractivity contribution < 1.29 is 14.3 Å². The Morgan fingerprint density at radius 3 is 2.36 bits per heavy atom. The van der Waals surface area contributed by atoms with Crippen molar-refractivity contribution in [3.63, 3.8) is 0 Å². The van der Waals surface area contributed by atoms with Gasteiger partial charge in [0.2, 0.25) is 5.91 Å². The normalized spacial score (nSPS) is 19.1. The third-order valence-electron chi connectivity index (χ3n) is 6.46. The molecule has 0 atom stereocenters. The van der Waals surface area contributed by atoms with Crippen molar-refractivity contribution in [1.82, 2.24) is 14.7 Å². The van der Waals surface area contributed by atoms with Gasteiger partial charge in [0.1, 0.15) is 17.1 Å². The summed E-state index contributed by atoms with van der Waals surface area (Å²) < 4.78 is 6.74. The van der Waals surface area contributed by atoms with Crippen LogP contribution in [0.5, 0.6) is 0 Å². The summed E-state index contributed by atoms with van der Waals surface area (Å²) in [5.41, 5.74) is -0.630. The molecule has 0 radical (unpaired) electrons. The molecule has 3 heterocycles. The van der Waals surface area contributed by atoms with Gasteiger partial charge in [0, 0.05) is 36.9 Å². The van der Waals surface area contributed by atoms with Gasteiger partial charge in [-0.05, 0) is 71.3 Å². The van der Waals surface area contributed by atoms with E-state index in [0.29, 0.717) is 19.1 Å². The van der Waals surface area contributed by atoms with Gasteiger partial charge in [-0.1, -0.05) is 18.2 Å². The number of hydrogen-bond acceptors (Lipinski definition) is 6. The molecule has 33 heavy (non-hydrogen) atoms. The molecule has 2 aliphatic heterocycles. The van der Waals surface area contributed by atoms with Crippen molar-refractivity contribution in [2.75, 3.05) is 57.8 Å². The third kappa shape index (κ3) is 6.05. The van der Waals surface area contributed by atoms with E-state index in [1.54, 1.807) is 0 Å². The van der Waals surface area contributed by atoms with Crippen molar-refractivity contribution in [2.24, 2.45) is 0 Å². The Balaban J connectivity index is 1.42. The van der Waals surface area contributed by atoms with Gasteiger partial charge >= 0.3 is 6.09 Å². The van der Waals surface area contributed by atoms with Crippen LogP contribution in [0.4, 0.5) is 9.80 Å². The van der Waals surface area contributed by atoms with Crippen molar-refractivity contribution in [2.45, 2.75) is 45.3 Å². The van der Waals surface area contributed by atoms with Crippen molar-refractivity contribution in [1.29, 1.82) is 0 Å². The number of likely N-dealkylation sites (tertiary alicyclic amines) is 1. The zero-order valence-corrected chi connectivity index (χ0v) is 21.1. The SMILES string of the molecule is CN1CCC(N2CCN(C(=O)CN(C(=O)OC(C)(C)C)c3cc4ccccc4s3)CC2)CC1. The number of nitrogens with zero attached hydrogens (tertiary/aromatic N) is 4. The van der Waals surface area contributed by atoms with Crippen molar-refractivity contribution >= 4 is 38.4 Å². The largest absolute Gasteiger partial charge is 0.443 e. The van der Waals surface area contributed by atoms with Gasteiger partial charge in [0.15, 0.2) is 0 Å². The molecule has 2 aromatic rings. The Hall–Kier alpha value is -2.16. The number of carbonyl (C=O) groups excluding carboxylic acids is 2. The molecule has 0 unspecified atom stereocenters. The molecule has 0 aliphatic carbocycles. The molecule has 1 aromatic carbocycles. The molecule has 2 amide bonds. The molecule has 8 heteroatoms. The van der Waals surface area contributed by atoms with E-state index in [4.69, 9.17) is 4.74 Å². The van der Waals surface area contributed by atoms with E-state index in [2.05, 4.69) is 16.8 Å². The number of fused-ring (bicyclic) bond motifs is 1. The number of thiophene rings is 1. The van der Waals surface area contributed by atoms with Crippen LogP contribution in [0.3, 0.4) is 0 Å². The minimum Gasteiger partial charge on any atom is -0.443 e. The number of hydrogen-bond donors (Lipinski definition) is 0. The lowest BCUT2D eigenvalue weighted by atomic mass is 10.0.